The van der Waals surface area contributed by atoms with Crippen molar-refractivity contribution < 1.29 is 9.53 Å². The molecule has 7 nitrogen and oxygen atoms in total. The van der Waals surface area contributed by atoms with Gasteiger partial charge in [0.2, 0.25) is 0 Å². The van der Waals surface area contributed by atoms with Crippen molar-refractivity contribution in [3.05, 3.63) is 59.7 Å². The van der Waals surface area contributed by atoms with Crippen molar-refractivity contribution in [2.24, 2.45) is 0 Å². The van der Waals surface area contributed by atoms with Crippen LogP contribution in [0, 0.1) is 6.92 Å². The molecule has 0 aliphatic carbocycles. The first-order chi connectivity index (χ1) is 11.7. The summed E-state index contributed by atoms with van der Waals surface area (Å²) in [5, 5.41) is 9.80. The van der Waals surface area contributed by atoms with E-state index in [0.29, 0.717) is 23.0 Å². The zero-order valence-corrected chi connectivity index (χ0v) is 13.4. The Morgan fingerprint density at radius 3 is 2.83 bits per heavy atom. The lowest BCUT2D eigenvalue weighted by atomic mass is 10.2. The molecule has 0 saturated carbocycles. The van der Waals surface area contributed by atoms with Crippen LogP contribution in [0.25, 0.3) is 11.4 Å². The van der Waals surface area contributed by atoms with Gasteiger partial charge in [-0.05, 0) is 13.0 Å². The standard InChI is InChI=1S/C17H17N5O2/c1-11-8-13(14(24-2)9-18-11)17(23)19-10-15-20-16(22-21-15)12-6-4-3-5-7-12/h3-9H,10H2,1-2H3,(H,19,23)(H,20,21,22). The molecule has 0 unspecified atom stereocenters. The van der Waals surface area contributed by atoms with Gasteiger partial charge < -0.3 is 10.1 Å². The summed E-state index contributed by atoms with van der Waals surface area (Å²) in [5.74, 6) is 1.35. The second kappa shape index (κ2) is 6.91. The maximum atomic E-state index is 12.3. The van der Waals surface area contributed by atoms with Crippen LogP contribution in [0.5, 0.6) is 5.75 Å². The molecule has 7 heteroatoms. The number of nitrogens with zero attached hydrogens (tertiary/aromatic N) is 3. The highest BCUT2D eigenvalue weighted by molar-refractivity contribution is 5.96. The van der Waals surface area contributed by atoms with Gasteiger partial charge >= 0.3 is 0 Å². The first-order valence-electron chi connectivity index (χ1n) is 7.43. The van der Waals surface area contributed by atoms with Gasteiger partial charge in [0, 0.05) is 11.3 Å². The van der Waals surface area contributed by atoms with Gasteiger partial charge in [-0.15, -0.1) is 0 Å². The Hall–Kier alpha value is -3.22. The van der Waals surface area contributed by atoms with Crippen LogP contribution in [-0.2, 0) is 6.54 Å². The van der Waals surface area contributed by atoms with Crippen molar-refractivity contribution in [3.63, 3.8) is 0 Å². The van der Waals surface area contributed by atoms with E-state index < -0.39 is 0 Å². The summed E-state index contributed by atoms with van der Waals surface area (Å²) in [5.41, 5.74) is 2.09. The van der Waals surface area contributed by atoms with E-state index in [1.165, 1.54) is 13.3 Å². The van der Waals surface area contributed by atoms with E-state index in [4.69, 9.17) is 4.74 Å². The molecule has 0 spiro atoms. The first kappa shape index (κ1) is 15.7. The smallest absolute Gasteiger partial charge is 0.255 e. The summed E-state index contributed by atoms with van der Waals surface area (Å²) >= 11 is 0. The predicted molar refractivity (Wildman–Crippen MR) is 88.5 cm³/mol. The van der Waals surface area contributed by atoms with Crippen LogP contribution in [0.3, 0.4) is 0 Å². The second-order valence-electron chi connectivity index (χ2n) is 5.18. The maximum Gasteiger partial charge on any atom is 0.255 e. The lowest BCUT2D eigenvalue weighted by molar-refractivity contribution is 0.0946. The van der Waals surface area contributed by atoms with E-state index in [1.54, 1.807) is 6.07 Å². The van der Waals surface area contributed by atoms with Gasteiger partial charge in [0.15, 0.2) is 5.82 Å². The maximum absolute atomic E-state index is 12.3. The van der Waals surface area contributed by atoms with Gasteiger partial charge in [-0.25, -0.2) is 4.98 Å². The lowest BCUT2D eigenvalue weighted by Crippen LogP contribution is -2.24. The van der Waals surface area contributed by atoms with Gasteiger partial charge in [0.1, 0.15) is 11.6 Å². The van der Waals surface area contributed by atoms with E-state index >= 15 is 0 Å². The number of carbonyl (C=O) groups is 1. The number of rotatable bonds is 5. The predicted octanol–water partition coefficient (Wildman–Crippen LogP) is 2.11. The van der Waals surface area contributed by atoms with E-state index in [1.807, 2.05) is 37.3 Å². The molecule has 0 saturated heterocycles. The molecule has 24 heavy (non-hydrogen) atoms. The Morgan fingerprint density at radius 2 is 2.08 bits per heavy atom. The molecule has 2 aromatic heterocycles. The van der Waals surface area contributed by atoms with Crippen LogP contribution in [-0.4, -0.2) is 33.2 Å². The Balaban J connectivity index is 1.69. The van der Waals surface area contributed by atoms with Crippen LogP contribution in [0.1, 0.15) is 21.9 Å². The fourth-order valence-electron chi connectivity index (χ4n) is 2.24. The molecular weight excluding hydrogens is 306 g/mol. The SMILES string of the molecule is COc1cnc(C)cc1C(=O)NCc1nc(-c2ccccc2)n[nH]1. The molecule has 2 N–H and O–H groups in total. The summed E-state index contributed by atoms with van der Waals surface area (Å²) in [6.45, 7) is 2.06. The van der Waals surface area contributed by atoms with Crippen molar-refractivity contribution in [3.8, 4) is 17.1 Å². The largest absolute Gasteiger partial charge is 0.494 e. The molecule has 0 aliphatic rings. The molecule has 1 aromatic carbocycles. The number of ether oxygens (including phenoxy) is 1. The lowest BCUT2D eigenvalue weighted by Gasteiger charge is -2.08. The Labute approximate surface area is 139 Å². The molecule has 2 heterocycles. The minimum absolute atomic E-state index is 0.239. The number of H-pyrrole nitrogens is 1. The molecule has 122 valence electrons. The van der Waals surface area contributed by atoms with Crippen LogP contribution < -0.4 is 10.1 Å². The number of aromatic amines is 1. The topological polar surface area (TPSA) is 92.8 Å². The van der Waals surface area contributed by atoms with E-state index in [2.05, 4.69) is 25.5 Å². The van der Waals surface area contributed by atoms with Gasteiger partial charge in [0.05, 0.1) is 25.4 Å². The molecule has 3 rings (SSSR count). The number of hydrogen-bond acceptors (Lipinski definition) is 5. The van der Waals surface area contributed by atoms with Gasteiger partial charge in [-0.1, -0.05) is 30.3 Å². The van der Waals surface area contributed by atoms with Crippen molar-refractivity contribution in [2.45, 2.75) is 13.5 Å². The Bertz CT molecular complexity index is 845. The summed E-state index contributed by atoms with van der Waals surface area (Å²) < 4.78 is 5.18. The summed E-state index contributed by atoms with van der Waals surface area (Å²) in [6, 6.07) is 11.3. The third-order valence-electron chi connectivity index (χ3n) is 3.45. The Morgan fingerprint density at radius 1 is 1.29 bits per heavy atom. The van der Waals surface area contributed by atoms with E-state index in [-0.39, 0.29) is 12.5 Å². The number of carbonyl (C=O) groups excluding carboxylic acids is 1. The highest BCUT2D eigenvalue weighted by Gasteiger charge is 2.14. The molecule has 0 fully saturated rings. The number of hydrogen-bond donors (Lipinski definition) is 2. The molecular formula is C17H17N5O2. The number of nitrogens with one attached hydrogen (secondary N) is 2. The fourth-order valence-corrected chi connectivity index (χ4v) is 2.24. The Kier molecular flexibility index (Phi) is 4.51. The highest BCUT2D eigenvalue weighted by atomic mass is 16.5. The quantitative estimate of drug-likeness (QED) is 0.750. The highest BCUT2D eigenvalue weighted by Crippen LogP contribution is 2.17. The monoisotopic (exact) mass is 323 g/mol. The van der Waals surface area contributed by atoms with Gasteiger partial charge in [0.25, 0.3) is 5.91 Å². The summed E-state index contributed by atoms with van der Waals surface area (Å²) in [7, 11) is 1.51. The third-order valence-corrected chi connectivity index (χ3v) is 3.45. The summed E-state index contributed by atoms with van der Waals surface area (Å²) in [6.07, 6.45) is 1.53. The molecule has 0 bridgehead atoms. The number of pyridine rings is 1. The summed E-state index contributed by atoms with van der Waals surface area (Å²) in [4.78, 5) is 20.8. The molecule has 3 aromatic rings. The zero-order chi connectivity index (χ0) is 16.9. The minimum Gasteiger partial charge on any atom is -0.494 e. The third kappa shape index (κ3) is 3.40. The van der Waals surface area contributed by atoms with Crippen LogP contribution in [0.2, 0.25) is 0 Å². The average Bonchev–Trinajstić information content (AvgIpc) is 3.09. The first-order valence-corrected chi connectivity index (χ1v) is 7.43. The molecule has 0 atom stereocenters. The average molecular weight is 323 g/mol. The van der Waals surface area contributed by atoms with Crippen LogP contribution >= 0.6 is 0 Å². The number of benzene rings is 1. The fraction of sp³-hybridized carbons (Fsp3) is 0.176. The molecule has 1 amide bonds. The normalized spacial score (nSPS) is 10.4. The van der Waals surface area contributed by atoms with Crippen molar-refractivity contribution in [1.29, 1.82) is 0 Å². The zero-order valence-electron chi connectivity index (χ0n) is 13.4. The van der Waals surface area contributed by atoms with E-state index in [9.17, 15) is 4.79 Å². The number of methoxy groups -OCH3 is 1. The minimum atomic E-state index is -0.255. The number of aryl methyl sites for hydroxylation is 1. The number of aromatic nitrogens is 4. The van der Waals surface area contributed by atoms with Gasteiger partial charge in [-0.2, -0.15) is 5.10 Å². The van der Waals surface area contributed by atoms with Crippen molar-refractivity contribution in [2.75, 3.05) is 7.11 Å². The van der Waals surface area contributed by atoms with E-state index in [0.717, 1.165) is 11.3 Å². The van der Waals surface area contributed by atoms with Crippen LogP contribution in [0.4, 0.5) is 0 Å². The molecule has 0 radical (unpaired) electrons. The van der Waals surface area contributed by atoms with Crippen molar-refractivity contribution in [1.82, 2.24) is 25.5 Å². The van der Waals surface area contributed by atoms with Gasteiger partial charge in [-0.3, -0.25) is 14.9 Å². The van der Waals surface area contributed by atoms with Crippen molar-refractivity contribution >= 4 is 5.91 Å². The second-order valence-corrected chi connectivity index (χ2v) is 5.18. The molecule has 0 aliphatic heterocycles. The number of amides is 1. The van der Waals surface area contributed by atoms with Crippen LogP contribution in [0.15, 0.2) is 42.6 Å².